The van der Waals surface area contributed by atoms with Gasteiger partial charge in [-0.3, -0.25) is 4.79 Å². The van der Waals surface area contributed by atoms with Gasteiger partial charge in [0.2, 0.25) is 5.91 Å². The van der Waals surface area contributed by atoms with Crippen LogP contribution in [0, 0.1) is 0 Å². The van der Waals surface area contributed by atoms with E-state index < -0.39 is 0 Å². The average molecular weight is 394 g/mol. The molecule has 2 aromatic carbocycles. The van der Waals surface area contributed by atoms with Gasteiger partial charge in [0.1, 0.15) is 0 Å². The van der Waals surface area contributed by atoms with Crippen molar-refractivity contribution in [1.82, 2.24) is 5.32 Å². The maximum atomic E-state index is 12.3. The van der Waals surface area contributed by atoms with Crippen molar-refractivity contribution in [2.24, 2.45) is 0 Å². The van der Waals surface area contributed by atoms with Crippen LogP contribution in [0.3, 0.4) is 0 Å². The summed E-state index contributed by atoms with van der Waals surface area (Å²) in [6.07, 6.45) is 3.85. The molecular weight excluding hydrogens is 373 g/mol. The molecule has 138 valence electrons. The summed E-state index contributed by atoms with van der Waals surface area (Å²) < 4.78 is 10.6. The lowest BCUT2D eigenvalue weighted by Gasteiger charge is -2.18. The Morgan fingerprint density at radius 1 is 1.12 bits per heavy atom. The summed E-state index contributed by atoms with van der Waals surface area (Å²) in [5.74, 6) is 1.06. The molecular formula is C20H21Cl2NO3. The fraction of sp³-hybridized carbons (Fsp3) is 0.250. The molecule has 0 fully saturated rings. The SMILES string of the molecule is CC[C@@H](NC(=O)/C=C/c1ccc(Cl)cc1Cl)c1ccc(OC)c(OC)c1. The lowest BCUT2D eigenvalue weighted by atomic mass is 10.0. The van der Waals surface area contributed by atoms with Crippen LogP contribution in [0.4, 0.5) is 0 Å². The van der Waals surface area contributed by atoms with Crippen LogP contribution in [-0.4, -0.2) is 20.1 Å². The number of rotatable bonds is 7. The summed E-state index contributed by atoms with van der Waals surface area (Å²) in [4.78, 5) is 12.3. The van der Waals surface area contributed by atoms with Gasteiger partial charge in [-0.15, -0.1) is 0 Å². The predicted molar refractivity (Wildman–Crippen MR) is 106 cm³/mol. The van der Waals surface area contributed by atoms with Crippen molar-refractivity contribution in [3.05, 3.63) is 63.6 Å². The van der Waals surface area contributed by atoms with Crippen LogP contribution in [-0.2, 0) is 4.79 Å². The summed E-state index contributed by atoms with van der Waals surface area (Å²) in [6.45, 7) is 2.00. The molecule has 0 heterocycles. The van der Waals surface area contributed by atoms with Crippen molar-refractivity contribution in [2.45, 2.75) is 19.4 Å². The number of hydrogen-bond acceptors (Lipinski definition) is 3. The first-order valence-electron chi connectivity index (χ1n) is 8.14. The third-order valence-electron chi connectivity index (χ3n) is 3.91. The molecule has 0 saturated heterocycles. The first kappa shape index (κ1) is 20.1. The highest BCUT2D eigenvalue weighted by atomic mass is 35.5. The number of carbonyl (C=O) groups excluding carboxylic acids is 1. The Balaban J connectivity index is 2.11. The van der Waals surface area contributed by atoms with E-state index in [0.29, 0.717) is 21.5 Å². The van der Waals surface area contributed by atoms with Gasteiger partial charge in [0.05, 0.1) is 20.3 Å². The number of nitrogens with one attached hydrogen (secondary N) is 1. The summed E-state index contributed by atoms with van der Waals surface area (Å²) in [5.41, 5.74) is 1.67. The Labute approximate surface area is 163 Å². The predicted octanol–water partition coefficient (Wildman–Crippen LogP) is 5.29. The van der Waals surface area contributed by atoms with Crippen LogP contribution in [0.2, 0.25) is 10.0 Å². The minimum absolute atomic E-state index is 0.146. The number of ether oxygens (including phenoxy) is 2. The number of methoxy groups -OCH3 is 2. The van der Waals surface area contributed by atoms with E-state index >= 15 is 0 Å². The van der Waals surface area contributed by atoms with Gasteiger partial charge in [-0.05, 0) is 47.9 Å². The molecule has 2 rings (SSSR count). The van der Waals surface area contributed by atoms with Gasteiger partial charge in [-0.25, -0.2) is 0 Å². The van der Waals surface area contributed by atoms with Gasteiger partial charge in [0.25, 0.3) is 0 Å². The van der Waals surface area contributed by atoms with Crippen molar-refractivity contribution < 1.29 is 14.3 Å². The Kier molecular flexibility index (Phi) is 7.37. The molecule has 0 saturated carbocycles. The van der Waals surface area contributed by atoms with Gasteiger partial charge in [-0.2, -0.15) is 0 Å². The van der Waals surface area contributed by atoms with Crippen LogP contribution in [0.25, 0.3) is 6.08 Å². The smallest absolute Gasteiger partial charge is 0.244 e. The summed E-state index contributed by atoms with van der Waals surface area (Å²) >= 11 is 12.0. The highest BCUT2D eigenvalue weighted by Crippen LogP contribution is 2.31. The van der Waals surface area contributed by atoms with E-state index in [9.17, 15) is 4.79 Å². The summed E-state index contributed by atoms with van der Waals surface area (Å²) in [6, 6.07) is 10.6. The number of amides is 1. The zero-order chi connectivity index (χ0) is 19.1. The first-order chi connectivity index (χ1) is 12.5. The number of halogens is 2. The van der Waals surface area contributed by atoms with E-state index in [4.69, 9.17) is 32.7 Å². The molecule has 2 aromatic rings. The Bertz CT molecular complexity index is 806. The number of hydrogen-bond donors (Lipinski definition) is 1. The van der Waals surface area contributed by atoms with E-state index in [1.807, 2.05) is 25.1 Å². The Hall–Kier alpha value is -2.17. The minimum Gasteiger partial charge on any atom is -0.493 e. The Morgan fingerprint density at radius 3 is 2.46 bits per heavy atom. The minimum atomic E-state index is -0.211. The molecule has 1 atom stereocenters. The molecule has 0 aliphatic carbocycles. The van der Waals surface area contributed by atoms with E-state index in [-0.39, 0.29) is 11.9 Å². The van der Waals surface area contributed by atoms with Crippen molar-refractivity contribution in [3.8, 4) is 11.5 Å². The quantitative estimate of drug-likeness (QED) is 0.649. The molecule has 1 N–H and O–H groups in total. The highest BCUT2D eigenvalue weighted by molar-refractivity contribution is 6.35. The first-order valence-corrected chi connectivity index (χ1v) is 8.89. The van der Waals surface area contributed by atoms with E-state index in [1.165, 1.54) is 6.08 Å². The summed E-state index contributed by atoms with van der Waals surface area (Å²) in [7, 11) is 3.17. The van der Waals surface area contributed by atoms with E-state index in [1.54, 1.807) is 38.5 Å². The van der Waals surface area contributed by atoms with Crippen LogP contribution in [0.1, 0.15) is 30.5 Å². The maximum absolute atomic E-state index is 12.3. The van der Waals surface area contributed by atoms with Gasteiger partial charge in [0, 0.05) is 16.1 Å². The van der Waals surface area contributed by atoms with Gasteiger partial charge >= 0.3 is 0 Å². The van der Waals surface area contributed by atoms with Crippen molar-refractivity contribution >= 4 is 35.2 Å². The van der Waals surface area contributed by atoms with Crippen molar-refractivity contribution in [1.29, 1.82) is 0 Å². The summed E-state index contributed by atoms with van der Waals surface area (Å²) in [5, 5.41) is 4.03. The maximum Gasteiger partial charge on any atom is 0.244 e. The molecule has 0 spiro atoms. The second-order valence-corrected chi connectivity index (χ2v) is 6.43. The van der Waals surface area contributed by atoms with Crippen LogP contribution >= 0.6 is 23.2 Å². The highest BCUT2D eigenvalue weighted by Gasteiger charge is 2.14. The van der Waals surface area contributed by atoms with E-state index in [0.717, 1.165) is 17.5 Å². The molecule has 0 aromatic heterocycles. The fourth-order valence-electron chi connectivity index (χ4n) is 2.51. The third kappa shape index (κ3) is 5.16. The standard InChI is InChI=1S/C20H21Cl2NO3/c1-4-17(14-6-9-18(25-2)19(11-14)26-3)23-20(24)10-7-13-5-8-15(21)12-16(13)22/h5-12,17H,4H2,1-3H3,(H,23,24)/b10-7+/t17-/m1/s1. The topological polar surface area (TPSA) is 47.6 Å². The van der Waals surface area contributed by atoms with E-state index in [2.05, 4.69) is 5.32 Å². The van der Waals surface area contributed by atoms with Crippen molar-refractivity contribution in [3.63, 3.8) is 0 Å². The van der Waals surface area contributed by atoms with Gasteiger partial charge in [-0.1, -0.05) is 42.3 Å². The zero-order valence-corrected chi connectivity index (χ0v) is 16.4. The molecule has 6 heteroatoms. The van der Waals surface area contributed by atoms with Crippen molar-refractivity contribution in [2.75, 3.05) is 14.2 Å². The fourth-order valence-corrected chi connectivity index (χ4v) is 2.98. The second-order valence-electron chi connectivity index (χ2n) is 5.58. The molecule has 0 unspecified atom stereocenters. The Morgan fingerprint density at radius 2 is 1.85 bits per heavy atom. The lowest BCUT2D eigenvalue weighted by Crippen LogP contribution is -2.26. The van der Waals surface area contributed by atoms with Gasteiger partial charge in [0.15, 0.2) is 11.5 Å². The van der Waals surface area contributed by atoms with Crippen LogP contribution < -0.4 is 14.8 Å². The van der Waals surface area contributed by atoms with Crippen LogP contribution in [0.5, 0.6) is 11.5 Å². The monoisotopic (exact) mass is 393 g/mol. The molecule has 0 aliphatic heterocycles. The molecule has 4 nitrogen and oxygen atoms in total. The van der Waals surface area contributed by atoms with Crippen LogP contribution in [0.15, 0.2) is 42.5 Å². The zero-order valence-electron chi connectivity index (χ0n) is 14.9. The lowest BCUT2D eigenvalue weighted by molar-refractivity contribution is -0.117. The van der Waals surface area contributed by atoms with Gasteiger partial charge < -0.3 is 14.8 Å². The largest absolute Gasteiger partial charge is 0.493 e. The molecule has 0 radical (unpaired) electrons. The molecule has 1 amide bonds. The normalized spacial score (nSPS) is 12.0. The third-order valence-corrected chi connectivity index (χ3v) is 4.47. The molecule has 0 bridgehead atoms. The second kappa shape index (κ2) is 9.51. The number of benzene rings is 2. The average Bonchev–Trinajstić information content (AvgIpc) is 2.64. The molecule has 26 heavy (non-hydrogen) atoms. The molecule has 0 aliphatic rings. The number of carbonyl (C=O) groups is 1.